The number of halogens is 1. The van der Waals surface area contributed by atoms with Gasteiger partial charge in [-0.15, -0.1) is 0 Å². The number of anilines is 2. The summed E-state index contributed by atoms with van der Waals surface area (Å²) in [6, 6.07) is 33.2. The summed E-state index contributed by atoms with van der Waals surface area (Å²) in [6.07, 6.45) is 1.12. The fourth-order valence-electron chi connectivity index (χ4n) is 5.15. The number of Topliss-reactive ketones (excluding diaryl/α,β-unsaturated/α-hetero) is 1. The SMILES string of the molecule is O=C1CC(c2ccccc2Cl)CC2=C1C(c1cccc(Oc3ccccc3)c1)Nc1ccccc1N2. The smallest absolute Gasteiger partial charge is 0.163 e. The van der Waals surface area contributed by atoms with Crippen LogP contribution >= 0.6 is 11.6 Å². The molecule has 6 rings (SSSR count). The van der Waals surface area contributed by atoms with Gasteiger partial charge in [0.1, 0.15) is 11.5 Å². The summed E-state index contributed by atoms with van der Waals surface area (Å²) in [6.45, 7) is 0. The van der Waals surface area contributed by atoms with Crippen LogP contribution in [0.4, 0.5) is 11.4 Å². The van der Waals surface area contributed by atoms with E-state index in [1.165, 1.54) is 0 Å². The molecule has 1 heterocycles. The molecule has 1 aliphatic carbocycles. The number of allylic oxidation sites excluding steroid dienone is 1. The van der Waals surface area contributed by atoms with Crippen LogP contribution in [0.3, 0.4) is 0 Å². The Balaban J connectivity index is 1.41. The third-order valence-electron chi connectivity index (χ3n) is 6.82. The van der Waals surface area contributed by atoms with Gasteiger partial charge in [0.05, 0.1) is 17.4 Å². The van der Waals surface area contributed by atoms with Crippen LogP contribution in [0.5, 0.6) is 11.5 Å². The molecule has 0 saturated carbocycles. The lowest BCUT2D eigenvalue weighted by Crippen LogP contribution is -2.27. The van der Waals surface area contributed by atoms with E-state index in [1.54, 1.807) is 0 Å². The zero-order valence-corrected chi connectivity index (χ0v) is 20.3. The summed E-state index contributed by atoms with van der Waals surface area (Å²) in [4.78, 5) is 13.8. The van der Waals surface area contributed by atoms with Gasteiger partial charge in [-0.2, -0.15) is 0 Å². The molecule has 2 atom stereocenters. The molecule has 0 amide bonds. The Morgan fingerprint density at radius 2 is 1.47 bits per heavy atom. The van der Waals surface area contributed by atoms with E-state index in [9.17, 15) is 4.79 Å². The maximum absolute atomic E-state index is 13.8. The molecule has 0 fully saturated rings. The molecular formula is C31H25ClN2O2. The molecule has 2 aliphatic rings. The van der Waals surface area contributed by atoms with Crippen molar-refractivity contribution in [3.05, 3.63) is 131 Å². The van der Waals surface area contributed by atoms with Crippen molar-refractivity contribution >= 4 is 28.8 Å². The van der Waals surface area contributed by atoms with Gasteiger partial charge in [-0.25, -0.2) is 0 Å². The van der Waals surface area contributed by atoms with E-state index in [2.05, 4.69) is 10.6 Å². The van der Waals surface area contributed by atoms with E-state index in [0.717, 1.165) is 45.3 Å². The molecule has 0 radical (unpaired) electrons. The third kappa shape index (κ3) is 4.36. The Hall–Kier alpha value is -4.02. The summed E-state index contributed by atoms with van der Waals surface area (Å²) in [5, 5.41) is 7.93. The molecule has 178 valence electrons. The number of carbonyl (C=O) groups excluding carboxylic acids is 1. The van der Waals surface area contributed by atoms with E-state index in [4.69, 9.17) is 16.3 Å². The lowest BCUT2D eigenvalue weighted by molar-refractivity contribution is -0.116. The molecule has 4 aromatic carbocycles. The third-order valence-corrected chi connectivity index (χ3v) is 7.17. The van der Waals surface area contributed by atoms with Gasteiger partial charge in [-0.05, 0) is 65.9 Å². The first kappa shape index (κ1) is 22.4. The van der Waals surface area contributed by atoms with Crippen molar-refractivity contribution in [2.45, 2.75) is 24.8 Å². The zero-order chi connectivity index (χ0) is 24.5. The normalized spacial score (nSPS) is 18.9. The van der Waals surface area contributed by atoms with Gasteiger partial charge >= 0.3 is 0 Å². The minimum atomic E-state index is -0.310. The lowest BCUT2D eigenvalue weighted by atomic mass is 9.78. The first-order valence-corrected chi connectivity index (χ1v) is 12.5. The van der Waals surface area contributed by atoms with Crippen LogP contribution < -0.4 is 15.4 Å². The fourth-order valence-corrected chi connectivity index (χ4v) is 5.44. The number of rotatable bonds is 4. The van der Waals surface area contributed by atoms with Crippen LogP contribution in [0.2, 0.25) is 5.02 Å². The molecule has 0 bridgehead atoms. The van der Waals surface area contributed by atoms with Gasteiger partial charge in [0.25, 0.3) is 0 Å². The van der Waals surface area contributed by atoms with Crippen LogP contribution in [-0.2, 0) is 4.79 Å². The molecule has 4 nitrogen and oxygen atoms in total. The standard InChI is InChI=1S/C31H25ClN2O2/c32-25-14-5-4-13-24(25)21-18-28-30(29(35)19-21)31(34-27-16-7-6-15-26(27)33-28)20-9-8-12-23(17-20)36-22-10-2-1-3-11-22/h1-17,21,31,33-34H,18-19H2. The highest BCUT2D eigenvalue weighted by Gasteiger charge is 2.36. The number of hydrogen-bond donors (Lipinski definition) is 2. The Morgan fingerprint density at radius 3 is 2.31 bits per heavy atom. The van der Waals surface area contributed by atoms with Gasteiger partial charge < -0.3 is 15.4 Å². The maximum atomic E-state index is 13.8. The van der Waals surface area contributed by atoms with Crippen molar-refractivity contribution in [1.82, 2.24) is 0 Å². The Bertz CT molecular complexity index is 1460. The monoisotopic (exact) mass is 492 g/mol. The van der Waals surface area contributed by atoms with Crippen LogP contribution in [-0.4, -0.2) is 5.78 Å². The van der Waals surface area contributed by atoms with Crippen LogP contribution in [0, 0.1) is 0 Å². The summed E-state index contributed by atoms with van der Waals surface area (Å²) in [5.41, 5.74) is 5.60. The molecule has 5 heteroatoms. The minimum Gasteiger partial charge on any atom is -0.457 e. The average Bonchev–Trinajstić information content (AvgIpc) is 3.07. The quantitative estimate of drug-likeness (QED) is 0.302. The number of carbonyl (C=O) groups is 1. The number of ketones is 1. The second kappa shape index (κ2) is 9.56. The summed E-state index contributed by atoms with van der Waals surface area (Å²) >= 11 is 6.53. The highest BCUT2D eigenvalue weighted by molar-refractivity contribution is 6.31. The van der Waals surface area contributed by atoms with Crippen LogP contribution in [0.1, 0.15) is 35.9 Å². The molecule has 0 aromatic heterocycles. The molecule has 4 aromatic rings. The fraction of sp³-hybridized carbons (Fsp3) is 0.129. The van der Waals surface area contributed by atoms with Crippen molar-refractivity contribution < 1.29 is 9.53 Å². The largest absolute Gasteiger partial charge is 0.457 e. The maximum Gasteiger partial charge on any atom is 0.163 e. The van der Waals surface area contributed by atoms with Crippen molar-refractivity contribution in [3.8, 4) is 11.5 Å². The first-order valence-electron chi connectivity index (χ1n) is 12.1. The van der Waals surface area contributed by atoms with Crippen molar-refractivity contribution in [1.29, 1.82) is 0 Å². The number of fused-ring (bicyclic) bond motifs is 1. The molecule has 0 saturated heterocycles. The number of hydrogen-bond acceptors (Lipinski definition) is 4. The molecule has 2 N–H and O–H groups in total. The average molecular weight is 493 g/mol. The Morgan fingerprint density at radius 1 is 0.750 bits per heavy atom. The van der Waals surface area contributed by atoms with Gasteiger partial charge in [0.15, 0.2) is 5.78 Å². The summed E-state index contributed by atoms with van der Waals surface area (Å²) < 4.78 is 6.10. The highest BCUT2D eigenvalue weighted by Crippen LogP contribution is 2.45. The van der Waals surface area contributed by atoms with E-state index in [0.29, 0.717) is 17.9 Å². The predicted octanol–water partition coefficient (Wildman–Crippen LogP) is 8.11. The molecule has 1 aliphatic heterocycles. The van der Waals surface area contributed by atoms with Gasteiger partial charge in [0, 0.05) is 22.7 Å². The van der Waals surface area contributed by atoms with Gasteiger partial charge in [-0.1, -0.05) is 72.3 Å². The Labute approximate surface area is 215 Å². The number of para-hydroxylation sites is 3. The van der Waals surface area contributed by atoms with E-state index < -0.39 is 0 Å². The van der Waals surface area contributed by atoms with Crippen LogP contribution in [0.15, 0.2) is 114 Å². The Kier molecular flexibility index (Phi) is 5.96. The number of benzene rings is 4. The van der Waals surface area contributed by atoms with Crippen molar-refractivity contribution in [3.63, 3.8) is 0 Å². The van der Waals surface area contributed by atoms with E-state index in [1.807, 2.05) is 103 Å². The first-order chi connectivity index (χ1) is 17.7. The highest BCUT2D eigenvalue weighted by atomic mass is 35.5. The number of ether oxygens (including phenoxy) is 1. The van der Waals surface area contributed by atoms with Gasteiger partial charge in [0.2, 0.25) is 0 Å². The summed E-state index contributed by atoms with van der Waals surface area (Å²) in [7, 11) is 0. The van der Waals surface area contributed by atoms with Crippen molar-refractivity contribution in [2.24, 2.45) is 0 Å². The lowest BCUT2D eigenvalue weighted by Gasteiger charge is -2.30. The summed E-state index contributed by atoms with van der Waals surface area (Å²) in [5.74, 6) is 1.64. The minimum absolute atomic E-state index is 0.0242. The second-order valence-electron chi connectivity index (χ2n) is 9.18. The zero-order valence-electron chi connectivity index (χ0n) is 19.6. The molecule has 2 unspecified atom stereocenters. The molecule has 0 spiro atoms. The second-order valence-corrected chi connectivity index (χ2v) is 9.58. The topological polar surface area (TPSA) is 50.4 Å². The van der Waals surface area contributed by atoms with Gasteiger partial charge in [-0.3, -0.25) is 4.79 Å². The predicted molar refractivity (Wildman–Crippen MR) is 145 cm³/mol. The number of nitrogens with one attached hydrogen (secondary N) is 2. The van der Waals surface area contributed by atoms with E-state index in [-0.39, 0.29) is 17.7 Å². The van der Waals surface area contributed by atoms with E-state index >= 15 is 0 Å². The van der Waals surface area contributed by atoms with Crippen molar-refractivity contribution in [2.75, 3.05) is 10.6 Å². The molecular weight excluding hydrogens is 468 g/mol. The van der Waals surface area contributed by atoms with Crippen LogP contribution in [0.25, 0.3) is 0 Å². The molecule has 36 heavy (non-hydrogen) atoms.